The Balaban J connectivity index is 2.18. The van der Waals surface area contributed by atoms with Crippen molar-refractivity contribution < 1.29 is 4.74 Å². The number of benzene rings is 1. The zero-order valence-electron chi connectivity index (χ0n) is 12.3. The van der Waals surface area contributed by atoms with Gasteiger partial charge in [-0.1, -0.05) is 17.8 Å². The van der Waals surface area contributed by atoms with E-state index >= 15 is 0 Å². The Morgan fingerprint density at radius 2 is 2.25 bits per heavy atom. The molecule has 20 heavy (non-hydrogen) atoms. The molecule has 108 valence electrons. The highest BCUT2D eigenvalue weighted by atomic mass is 32.2. The molecule has 0 saturated heterocycles. The average molecular weight is 292 g/mol. The van der Waals surface area contributed by atoms with Crippen molar-refractivity contribution in [2.75, 3.05) is 14.2 Å². The van der Waals surface area contributed by atoms with Crippen molar-refractivity contribution in [1.82, 2.24) is 20.1 Å². The molecule has 0 spiro atoms. The fourth-order valence-corrected chi connectivity index (χ4v) is 2.77. The number of hydrogen-bond acceptors (Lipinski definition) is 5. The lowest BCUT2D eigenvalue weighted by Crippen LogP contribution is -2.12. The first kappa shape index (κ1) is 14.9. The molecule has 0 saturated carbocycles. The van der Waals surface area contributed by atoms with Crippen LogP contribution in [0, 0.1) is 0 Å². The SMILES string of the molecule is CNC(C)c1ccc(OC)c(CSc2ncnn2C)c1. The van der Waals surface area contributed by atoms with Gasteiger partial charge in [0.25, 0.3) is 0 Å². The molecule has 0 radical (unpaired) electrons. The van der Waals surface area contributed by atoms with Crippen LogP contribution in [-0.2, 0) is 12.8 Å². The lowest BCUT2D eigenvalue weighted by Gasteiger charge is -2.14. The van der Waals surface area contributed by atoms with E-state index in [9.17, 15) is 0 Å². The second-order valence-corrected chi connectivity index (χ2v) is 5.48. The molecule has 1 unspecified atom stereocenters. The Labute approximate surface area is 123 Å². The van der Waals surface area contributed by atoms with Gasteiger partial charge < -0.3 is 10.1 Å². The molecule has 1 heterocycles. The van der Waals surface area contributed by atoms with Gasteiger partial charge in [0.15, 0.2) is 5.16 Å². The molecular weight excluding hydrogens is 272 g/mol. The normalized spacial score (nSPS) is 12.4. The first-order chi connectivity index (χ1) is 9.65. The maximum atomic E-state index is 5.44. The predicted octanol–water partition coefficient (Wildman–Crippen LogP) is 2.40. The molecule has 0 amide bonds. The van der Waals surface area contributed by atoms with Crippen LogP contribution >= 0.6 is 11.8 Å². The van der Waals surface area contributed by atoms with Gasteiger partial charge in [-0.15, -0.1) is 0 Å². The number of rotatable bonds is 6. The number of aromatic nitrogens is 3. The summed E-state index contributed by atoms with van der Waals surface area (Å²) in [7, 11) is 5.56. The molecule has 0 aliphatic carbocycles. The van der Waals surface area contributed by atoms with E-state index in [1.807, 2.05) is 20.2 Å². The Bertz CT molecular complexity index is 570. The third-order valence-electron chi connectivity index (χ3n) is 3.26. The molecule has 0 fully saturated rings. The minimum Gasteiger partial charge on any atom is -0.496 e. The van der Waals surface area contributed by atoms with Crippen LogP contribution in [0.15, 0.2) is 29.7 Å². The van der Waals surface area contributed by atoms with Gasteiger partial charge in [0, 0.05) is 24.4 Å². The number of nitrogens with zero attached hydrogens (tertiary/aromatic N) is 3. The van der Waals surface area contributed by atoms with Gasteiger partial charge in [0.1, 0.15) is 12.1 Å². The highest BCUT2D eigenvalue weighted by Crippen LogP contribution is 2.29. The van der Waals surface area contributed by atoms with Crippen molar-refractivity contribution in [3.05, 3.63) is 35.7 Å². The van der Waals surface area contributed by atoms with E-state index in [1.165, 1.54) is 11.1 Å². The number of hydrogen-bond donors (Lipinski definition) is 1. The molecule has 5 nitrogen and oxygen atoms in total. The monoisotopic (exact) mass is 292 g/mol. The smallest absolute Gasteiger partial charge is 0.186 e. The van der Waals surface area contributed by atoms with Crippen LogP contribution in [0.4, 0.5) is 0 Å². The van der Waals surface area contributed by atoms with E-state index in [2.05, 4.69) is 34.5 Å². The molecule has 0 bridgehead atoms. The zero-order valence-corrected chi connectivity index (χ0v) is 13.1. The number of methoxy groups -OCH3 is 1. The summed E-state index contributed by atoms with van der Waals surface area (Å²) in [6.45, 7) is 2.14. The lowest BCUT2D eigenvalue weighted by molar-refractivity contribution is 0.411. The van der Waals surface area contributed by atoms with Crippen LogP contribution in [0.3, 0.4) is 0 Å². The lowest BCUT2D eigenvalue weighted by atomic mass is 10.1. The minimum absolute atomic E-state index is 0.319. The second kappa shape index (κ2) is 6.76. The number of thioether (sulfide) groups is 1. The number of nitrogens with one attached hydrogen (secondary N) is 1. The largest absolute Gasteiger partial charge is 0.496 e. The summed E-state index contributed by atoms with van der Waals surface area (Å²) in [5, 5.41) is 8.23. The fraction of sp³-hybridized carbons (Fsp3) is 0.429. The third kappa shape index (κ3) is 3.32. The van der Waals surface area contributed by atoms with Crippen molar-refractivity contribution in [2.45, 2.75) is 23.9 Å². The molecule has 0 aliphatic heterocycles. The molecule has 6 heteroatoms. The van der Waals surface area contributed by atoms with Crippen molar-refractivity contribution >= 4 is 11.8 Å². The Morgan fingerprint density at radius 1 is 1.45 bits per heavy atom. The van der Waals surface area contributed by atoms with Crippen molar-refractivity contribution in [3.8, 4) is 5.75 Å². The van der Waals surface area contributed by atoms with Crippen LogP contribution < -0.4 is 10.1 Å². The van der Waals surface area contributed by atoms with Gasteiger partial charge in [-0.2, -0.15) is 5.10 Å². The van der Waals surface area contributed by atoms with Crippen LogP contribution in [0.1, 0.15) is 24.1 Å². The highest BCUT2D eigenvalue weighted by molar-refractivity contribution is 7.98. The maximum Gasteiger partial charge on any atom is 0.186 e. The van der Waals surface area contributed by atoms with Gasteiger partial charge in [-0.25, -0.2) is 9.67 Å². The quantitative estimate of drug-likeness (QED) is 0.829. The standard InChI is InChI=1S/C14H20N4OS/c1-10(15-2)11-5-6-13(19-4)12(7-11)8-20-14-16-9-17-18(14)3/h5-7,9-10,15H,8H2,1-4H3. The first-order valence-electron chi connectivity index (χ1n) is 6.46. The van der Waals surface area contributed by atoms with Crippen molar-refractivity contribution in [3.63, 3.8) is 0 Å². The van der Waals surface area contributed by atoms with E-state index in [0.29, 0.717) is 6.04 Å². The van der Waals surface area contributed by atoms with Gasteiger partial charge in [0.2, 0.25) is 0 Å². The Kier molecular flexibility index (Phi) is 5.03. The van der Waals surface area contributed by atoms with Gasteiger partial charge >= 0.3 is 0 Å². The third-order valence-corrected chi connectivity index (χ3v) is 4.35. The van der Waals surface area contributed by atoms with Gasteiger partial charge in [-0.3, -0.25) is 0 Å². The van der Waals surface area contributed by atoms with Crippen LogP contribution in [0.25, 0.3) is 0 Å². The topological polar surface area (TPSA) is 52.0 Å². The molecule has 0 aliphatic rings. The van der Waals surface area contributed by atoms with Gasteiger partial charge in [0.05, 0.1) is 7.11 Å². The fourth-order valence-electron chi connectivity index (χ4n) is 1.91. The number of ether oxygens (including phenoxy) is 1. The van der Waals surface area contributed by atoms with Gasteiger partial charge in [-0.05, 0) is 31.7 Å². The molecule has 1 N–H and O–H groups in total. The van der Waals surface area contributed by atoms with E-state index in [-0.39, 0.29) is 0 Å². The van der Waals surface area contributed by atoms with Crippen molar-refractivity contribution in [1.29, 1.82) is 0 Å². The van der Waals surface area contributed by atoms with Crippen molar-refractivity contribution in [2.24, 2.45) is 7.05 Å². The highest BCUT2D eigenvalue weighted by Gasteiger charge is 2.10. The zero-order chi connectivity index (χ0) is 14.5. The molecule has 1 aromatic carbocycles. The predicted molar refractivity (Wildman–Crippen MR) is 81.0 cm³/mol. The Hall–Kier alpha value is -1.53. The summed E-state index contributed by atoms with van der Waals surface area (Å²) in [5.41, 5.74) is 2.42. The average Bonchev–Trinajstić information content (AvgIpc) is 2.89. The molecular formula is C14H20N4OS. The maximum absolute atomic E-state index is 5.44. The van der Waals surface area contributed by atoms with E-state index < -0.39 is 0 Å². The van der Waals surface area contributed by atoms with Crippen LogP contribution in [0.5, 0.6) is 5.75 Å². The van der Waals surface area contributed by atoms with E-state index in [1.54, 1.807) is 29.9 Å². The summed E-state index contributed by atoms with van der Waals surface area (Å²) in [4.78, 5) is 4.22. The molecule has 1 atom stereocenters. The molecule has 2 rings (SSSR count). The summed E-state index contributed by atoms with van der Waals surface area (Å²) in [6, 6.07) is 6.62. The summed E-state index contributed by atoms with van der Waals surface area (Å²) in [6.07, 6.45) is 1.57. The molecule has 1 aromatic heterocycles. The van der Waals surface area contributed by atoms with Crippen LogP contribution in [-0.4, -0.2) is 28.9 Å². The number of aryl methyl sites for hydroxylation is 1. The summed E-state index contributed by atoms with van der Waals surface area (Å²) < 4.78 is 7.21. The first-order valence-corrected chi connectivity index (χ1v) is 7.45. The summed E-state index contributed by atoms with van der Waals surface area (Å²) >= 11 is 1.65. The minimum atomic E-state index is 0.319. The Morgan fingerprint density at radius 3 is 2.85 bits per heavy atom. The van der Waals surface area contributed by atoms with E-state index in [0.717, 1.165) is 16.7 Å². The van der Waals surface area contributed by atoms with Crippen LogP contribution in [0.2, 0.25) is 0 Å². The van der Waals surface area contributed by atoms with E-state index in [4.69, 9.17) is 4.74 Å². The summed E-state index contributed by atoms with van der Waals surface area (Å²) in [5.74, 6) is 1.71. The second-order valence-electron chi connectivity index (χ2n) is 4.54. The molecule has 2 aromatic rings.